The van der Waals surface area contributed by atoms with Gasteiger partial charge in [0.1, 0.15) is 6.61 Å². The zero-order chi connectivity index (χ0) is 36.8. The summed E-state index contributed by atoms with van der Waals surface area (Å²) in [5, 5.41) is 0. The third kappa shape index (κ3) is 38.6. The molecule has 0 aliphatic heterocycles. The van der Waals surface area contributed by atoms with Gasteiger partial charge in [-0.15, -0.1) is 0 Å². The van der Waals surface area contributed by atoms with E-state index in [1.54, 1.807) is 0 Å². The van der Waals surface area contributed by atoms with Gasteiger partial charge in [0.05, 0.1) is 6.61 Å². The molecule has 0 radical (unpaired) electrons. The van der Waals surface area contributed by atoms with Gasteiger partial charge in [-0.25, -0.2) is 4.57 Å². The summed E-state index contributed by atoms with van der Waals surface area (Å²) in [6, 6.07) is 0. The Hall–Kier alpha value is -2.25. The van der Waals surface area contributed by atoms with Crippen LogP contribution < -0.4 is 0 Å². The maximum Gasteiger partial charge on any atom is 0.469 e. The smallest absolute Gasteiger partial charge is 0.462 e. The average Bonchev–Trinajstić information content (AvgIpc) is 3.08. The van der Waals surface area contributed by atoms with E-state index >= 15 is 0 Å². The van der Waals surface area contributed by atoms with E-state index in [9.17, 15) is 14.2 Å². The van der Waals surface area contributed by atoms with E-state index in [2.05, 4.69) is 67.0 Å². The van der Waals surface area contributed by atoms with Gasteiger partial charge in [-0.05, 0) is 64.2 Å². The van der Waals surface area contributed by atoms with Crippen LogP contribution in [0.5, 0.6) is 0 Å². The first-order valence-electron chi connectivity index (χ1n) is 19.6. The molecule has 0 saturated heterocycles. The number of phosphoric ester groups is 1. The quantitative estimate of drug-likeness (QED) is 0.0287. The summed E-state index contributed by atoms with van der Waals surface area (Å²) in [5.41, 5.74) is 0. The van der Waals surface area contributed by atoms with E-state index in [-0.39, 0.29) is 19.4 Å². The van der Waals surface area contributed by atoms with Gasteiger partial charge in [-0.1, -0.05) is 152 Å². The average molecular weight is 723 g/mol. The molecule has 0 spiro atoms. The Labute approximate surface area is 305 Å². The van der Waals surface area contributed by atoms with E-state index < -0.39 is 32.5 Å². The fourth-order valence-corrected chi connectivity index (χ4v) is 5.51. The fraction of sp³-hybridized carbons (Fsp3) is 0.707. The van der Waals surface area contributed by atoms with Crippen molar-refractivity contribution in [2.75, 3.05) is 13.2 Å². The molecular formula is C41H71O8P. The number of rotatable bonds is 35. The van der Waals surface area contributed by atoms with Gasteiger partial charge in [0.15, 0.2) is 6.10 Å². The summed E-state index contributed by atoms with van der Waals surface area (Å²) in [7, 11) is -4.77. The van der Waals surface area contributed by atoms with Crippen LogP contribution >= 0.6 is 7.82 Å². The van der Waals surface area contributed by atoms with Crippen molar-refractivity contribution < 1.29 is 37.9 Å². The molecule has 1 atom stereocenters. The number of esters is 2. The number of ether oxygens (including phenoxy) is 2. The summed E-state index contributed by atoms with van der Waals surface area (Å²) < 4.78 is 26.2. The second-order valence-corrected chi connectivity index (χ2v) is 14.1. The van der Waals surface area contributed by atoms with Crippen LogP contribution in [0.25, 0.3) is 0 Å². The highest BCUT2D eigenvalue weighted by atomic mass is 31.2. The minimum Gasteiger partial charge on any atom is -0.462 e. The third-order valence-electron chi connectivity index (χ3n) is 8.03. The minimum absolute atomic E-state index is 0.0886. The zero-order valence-electron chi connectivity index (χ0n) is 31.5. The van der Waals surface area contributed by atoms with Crippen LogP contribution in [-0.4, -0.2) is 41.0 Å². The van der Waals surface area contributed by atoms with Crippen LogP contribution in [0.2, 0.25) is 0 Å². The predicted octanol–water partition coefficient (Wildman–Crippen LogP) is 11.7. The highest BCUT2D eigenvalue weighted by molar-refractivity contribution is 7.46. The van der Waals surface area contributed by atoms with Crippen molar-refractivity contribution in [1.29, 1.82) is 0 Å². The molecule has 9 heteroatoms. The number of carbonyl (C=O) groups is 2. The van der Waals surface area contributed by atoms with Gasteiger partial charge in [0, 0.05) is 12.8 Å². The lowest BCUT2D eigenvalue weighted by atomic mass is 10.1. The van der Waals surface area contributed by atoms with E-state index in [1.165, 1.54) is 83.5 Å². The second kappa shape index (κ2) is 36.5. The SMILES string of the molecule is CC/C=C\C/C=C\C/C=C\C/C=C\CCC(=O)OC(COC(=O)CCCCCCCCCCC/C=C\CCCCCCCC)COP(=O)(O)O. The van der Waals surface area contributed by atoms with Crippen molar-refractivity contribution in [3.63, 3.8) is 0 Å². The highest BCUT2D eigenvalue weighted by Crippen LogP contribution is 2.36. The van der Waals surface area contributed by atoms with Crippen LogP contribution in [0, 0.1) is 0 Å². The molecule has 0 aliphatic rings. The largest absolute Gasteiger partial charge is 0.469 e. The Kier molecular flexibility index (Phi) is 34.9. The van der Waals surface area contributed by atoms with Crippen molar-refractivity contribution >= 4 is 19.8 Å². The first-order valence-corrected chi connectivity index (χ1v) is 21.1. The molecule has 1 unspecified atom stereocenters. The Bertz CT molecular complexity index is 995. The molecule has 2 N–H and O–H groups in total. The molecule has 0 aromatic heterocycles. The molecule has 0 rings (SSSR count). The van der Waals surface area contributed by atoms with Crippen LogP contribution in [-0.2, 0) is 28.2 Å². The first-order chi connectivity index (χ1) is 24.3. The number of carbonyl (C=O) groups excluding carboxylic acids is 2. The first kappa shape index (κ1) is 47.8. The number of allylic oxidation sites excluding steroid dienone is 10. The lowest BCUT2D eigenvalue weighted by molar-refractivity contribution is -0.161. The van der Waals surface area contributed by atoms with Crippen LogP contribution in [0.4, 0.5) is 0 Å². The summed E-state index contributed by atoms with van der Waals surface area (Å²) in [5.74, 6) is -0.985. The lowest BCUT2D eigenvalue weighted by Crippen LogP contribution is -2.29. The Morgan fingerprint density at radius 1 is 0.540 bits per heavy atom. The molecule has 0 fully saturated rings. The summed E-state index contributed by atoms with van der Waals surface area (Å²) in [6.07, 6.45) is 45.3. The molecule has 0 bridgehead atoms. The van der Waals surface area contributed by atoms with E-state index in [0.29, 0.717) is 12.8 Å². The molecule has 50 heavy (non-hydrogen) atoms. The third-order valence-corrected chi connectivity index (χ3v) is 8.52. The molecule has 288 valence electrons. The Balaban J connectivity index is 4.00. The Morgan fingerprint density at radius 3 is 1.52 bits per heavy atom. The van der Waals surface area contributed by atoms with Crippen LogP contribution in [0.1, 0.15) is 168 Å². The summed E-state index contributed by atoms with van der Waals surface area (Å²) in [4.78, 5) is 42.7. The van der Waals surface area contributed by atoms with E-state index in [1.807, 2.05) is 12.2 Å². The molecular weight excluding hydrogens is 651 g/mol. The number of unbranched alkanes of at least 4 members (excludes halogenated alkanes) is 15. The van der Waals surface area contributed by atoms with Crippen molar-refractivity contribution in [3.05, 3.63) is 60.8 Å². The molecule has 0 heterocycles. The summed E-state index contributed by atoms with van der Waals surface area (Å²) in [6.45, 7) is 3.49. The second-order valence-electron chi connectivity index (χ2n) is 12.9. The standard InChI is InChI=1S/C41H71O8P/c1-3-5-7-9-11-13-15-17-18-19-20-21-22-24-25-27-29-31-33-35-40(42)47-37-39(38-48-50(44,45)46)49-41(43)36-34-32-30-28-26-23-16-14-12-10-8-6-4-2/h6,8,12,14,17-18,23,26,30,32,39H,3-5,7,9-11,13,15-16,19-22,24-25,27-29,31,33-38H2,1-2H3,(H2,44,45,46)/b8-6-,14-12-,18-17-,26-23-,32-30-. The molecule has 0 aromatic carbocycles. The highest BCUT2D eigenvalue weighted by Gasteiger charge is 2.22. The van der Waals surface area contributed by atoms with Crippen molar-refractivity contribution in [2.45, 2.75) is 174 Å². The Morgan fingerprint density at radius 2 is 1.00 bits per heavy atom. The van der Waals surface area contributed by atoms with Gasteiger partial charge >= 0.3 is 19.8 Å². The lowest BCUT2D eigenvalue weighted by Gasteiger charge is -2.18. The van der Waals surface area contributed by atoms with Crippen molar-refractivity contribution in [3.8, 4) is 0 Å². The maximum atomic E-state index is 12.3. The summed E-state index contributed by atoms with van der Waals surface area (Å²) >= 11 is 0. The van der Waals surface area contributed by atoms with Crippen molar-refractivity contribution in [2.24, 2.45) is 0 Å². The van der Waals surface area contributed by atoms with Crippen LogP contribution in [0.3, 0.4) is 0 Å². The fourth-order valence-electron chi connectivity index (χ4n) is 5.15. The van der Waals surface area contributed by atoms with Crippen molar-refractivity contribution in [1.82, 2.24) is 0 Å². The normalized spacial score (nSPS) is 13.1. The number of hydrogen-bond donors (Lipinski definition) is 2. The topological polar surface area (TPSA) is 119 Å². The molecule has 0 saturated carbocycles. The molecule has 0 aromatic rings. The van der Waals surface area contributed by atoms with Gasteiger partial charge in [0.2, 0.25) is 0 Å². The monoisotopic (exact) mass is 722 g/mol. The van der Waals surface area contributed by atoms with Gasteiger partial charge in [-0.2, -0.15) is 0 Å². The van der Waals surface area contributed by atoms with Crippen LogP contribution in [0.15, 0.2) is 60.8 Å². The number of phosphoric acid groups is 1. The molecule has 0 amide bonds. The van der Waals surface area contributed by atoms with Gasteiger partial charge in [-0.3, -0.25) is 14.1 Å². The van der Waals surface area contributed by atoms with Gasteiger partial charge < -0.3 is 19.3 Å². The predicted molar refractivity (Wildman–Crippen MR) is 207 cm³/mol. The molecule has 8 nitrogen and oxygen atoms in total. The molecule has 0 aliphatic carbocycles. The maximum absolute atomic E-state index is 12.3. The van der Waals surface area contributed by atoms with E-state index in [4.69, 9.17) is 19.3 Å². The number of hydrogen-bond acceptors (Lipinski definition) is 6. The zero-order valence-corrected chi connectivity index (χ0v) is 32.4. The minimum atomic E-state index is -4.77. The van der Waals surface area contributed by atoms with E-state index in [0.717, 1.165) is 44.9 Å². The van der Waals surface area contributed by atoms with Gasteiger partial charge in [0.25, 0.3) is 0 Å².